The molecule has 1 heterocycles. The Morgan fingerprint density at radius 1 is 1.11 bits per heavy atom. The lowest BCUT2D eigenvalue weighted by Gasteiger charge is -2.20. The third kappa shape index (κ3) is 4.53. The maximum absolute atomic E-state index is 12.1. The molecule has 8 heteroatoms. The van der Waals surface area contributed by atoms with E-state index in [2.05, 4.69) is 10.6 Å². The van der Waals surface area contributed by atoms with Crippen LogP contribution in [0.5, 0.6) is 23.0 Å². The van der Waals surface area contributed by atoms with Crippen LogP contribution in [0.25, 0.3) is 0 Å². The Kier molecular flexibility index (Phi) is 5.87. The lowest BCUT2D eigenvalue weighted by Crippen LogP contribution is -2.32. The van der Waals surface area contributed by atoms with Crippen LogP contribution >= 0.6 is 0 Å². The van der Waals surface area contributed by atoms with Gasteiger partial charge in [-0.25, -0.2) is 4.79 Å². The van der Waals surface area contributed by atoms with Crippen LogP contribution in [-0.4, -0.2) is 45.1 Å². The highest BCUT2D eigenvalue weighted by Gasteiger charge is 2.16. The van der Waals surface area contributed by atoms with E-state index < -0.39 is 12.1 Å². The molecule has 0 bridgehead atoms. The minimum atomic E-state index is -0.885. The third-order valence-corrected chi connectivity index (χ3v) is 4.06. The number of fused-ring (bicyclic) bond motifs is 1. The van der Waals surface area contributed by atoms with Gasteiger partial charge >= 0.3 is 6.03 Å². The Hall–Kier alpha value is -3.13. The van der Waals surface area contributed by atoms with Gasteiger partial charge in [0.05, 0.1) is 26.0 Å². The number of methoxy groups -OCH3 is 2. The summed E-state index contributed by atoms with van der Waals surface area (Å²) in [4.78, 5) is 12.1. The molecular weight excluding hydrogens is 352 g/mol. The molecular formula is C19H22N2O6. The van der Waals surface area contributed by atoms with E-state index in [1.165, 1.54) is 7.11 Å². The normalized spacial score (nSPS) is 13.4. The number of rotatable bonds is 6. The summed E-state index contributed by atoms with van der Waals surface area (Å²) in [7, 11) is 3.05. The maximum Gasteiger partial charge on any atom is 0.319 e. The van der Waals surface area contributed by atoms with Gasteiger partial charge < -0.3 is 34.7 Å². The number of benzene rings is 2. The quantitative estimate of drug-likeness (QED) is 0.718. The zero-order valence-electron chi connectivity index (χ0n) is 15.2. The largest absolute Gasteiger partial charge is 0.497 e. The van der Waals surface area contributed by atoms with Gasteiger partial charge in [-0.15, -0.1) is 0 Å². The molecule has 0 saturated carbocycles. The maximum atomic E-state index is 12.1. The number of hydrogen-bond donors (Lipinski definition) is 3. The van der Waals surface area contributed by atoms with Crippen molar-refractivity contribution in [1.29, 1.82) is 0 Å². The van der Waals surface area contributed by atoms with Crippen molar-refractivity contribution < 1.29 is 28.8 Å². The minimum absolute atomic E-state index is 0.0317. The van der Waals surface area contributed by atoms with Crippen LogP contribution in [-0.2, 0) is 0 Å². The van der Waals surface area contributed by atoms with E-state index in [4.69, 9.17) is 18.9 Å². The van der Waals surface area contributed by atoms with Crippen molar-refractivity contribution in [2.75, 3.05) is 39.3 Å². The highest BCUT2D eigenvalue weighted by atomic mass is 16.6. The summed E-state index contributed by atoms with van der Waals surface area (Å²) in [5.41, 5.74) is 1.12. The van der Waals surface area contributed by atoms with E-state index >= 15 is 0 Å². The number of nitrogens with one attached hydrogen (secondary N) is 2. The van der Waals surface area contributed by atoms with Crippen molar-refractivity contribution in [3.8, 4) is 23.0 Å². The molecule has 2 aromatic rings. The second-order valence-corrected chi connectivity index (χ2v) is 5.82. The highest BCUT2D eigenvalue weighted by molar-refractivity contribution is 5.91. The van der Waals surface area contributed by atoms with Crippen molar-refractivity contribution in [2.45, 2.75) is 6.10 Å². The first-order valence-corrected chi connectivity index (χ1v) is 8.45. The molecule has 8 nitrogen and oxygen atoms in total. The first-order chi connectivity index (χ1) is 13.1. The summed E-state index contributed by atoms with van der Waals surface area (Å²) in [6, 6.07) is 9.79. The summed E-state index contributed by atoms with van der Waals surface area (Å²) in [6.07, 6.45) is -0.885. The molecule has 1 aliphatic rings. The van der Waals surface area contributed by atoms with Crippen LogP contribution in [0.3, 0.4) is 0 Å². The SMILES string of the molecule is COc1ccc(NC(=O)NC[C@@H](O)c2ccc3c(c2)OCCO3)c(OC)c1. The second kappa shape index (κ2) is 8.50. The number of anilines is 1. The molecule has 1 atom stereocenters. The standard InChI is InChI=1S/C19H22N2O6/c1-24-13-4-5-14(17(10-13)25-2)21-19(23)20-11-15(22)12-3-6-16-18(9-12)27-8-7-26-16/h3-6,9-10,15,22H,7-8,11H2,1-2H3,(H2,20,21,23)/t15-/m1/s1. The number of amides is 2. The van der Waals surface area contributed by atoms with E-state index in [0.29, 0.717) is 47.5 Å². The fraction of sp³-hybridized carbons (Fsp3) is 0.316. The molecule has 1 aliphatic heterocycles. The molecule has 3 rings (SSSR count). The lowest BCUT2D eigenvalue weighted by atomic mass is 10.1. The topological polar surface area (TPSA) is 98.3 Å². The number of aliphatic hydroxyl groups excluding tert-OH is 1. The number of aliphatic hydroxyl groups is 1. The van der Waals surface area contributed by atoms with Crippen molar-refractivity contribution in [3.05, 3.63) is 42.0 Å². The molecule has 0 spiro atoms. The molecule has 0 aromatic heterocycles. The average Bonchev–Trinajstić information content (AvgIpc) is 2.71. The summed E-state index contributed by atoms with van der Waals surface area (Å²) < 4.78 is 21.3. The minimum Gasteiger partial charge on any atom is -0.497 e. The molecule has 0 unspecified atom stereocenters. The summed E-state index contributed by atoms with van der Waals surface area (Å²) in [5.74, 6) is 2.32. The van der Waals surface area contributed by atoms with Crippen LogP contribution < -0.4 is 29.6 Å². The fourth-order valence-corrected chi connectivity index (χ4v) is 2.64. The smallest absolute Gasteiger partial charge is 0.319 e. The van der Waals surface area contributed by atoms with Crippen LogP contribution in [0.15, 0.2) is 36.4 Å². The van der Waals surface area contributed by atoms with Crippen molar-refractivity contribution in [3.63, 3.8) is 0 Å². The monoisotopic (exact) mass is 374 g/mol. The van der Waals surface area contributed by atoms with Crippen LogP contribution in [0.1, 0.15) is 11.7 Å². The molecule has 3 N–H and O–H groups in total. The average molecular weight is 374 g/mol. The molecule has 144 valence electrons. The Morgan fingerprint density at radius 2 is 1.89 bits per heavy atom. The van der Waals surface area contributed by atoms with Crippen molar-refractivity contribution in [2.24, 2.45) is 0 Å². The van der Waals surface area contributed by atoms with Crippen LogP contribution in [0.2, 0.25) is 0 Å². The zero-order valence-corrected chi connectivity index (χ0v) is 15.2. The summed E-state index contributed by atoms with van der Waals surface area (Å²) in [6.45, 7) is 1.01. The van der Waals surface area contributed by atoms with E-state index in [-0.39, 0.29) is 6.54 Å². The second-order valence-electron chi connectivity index (χ2n) is 5.82. The number of urea groups is 1. The lowest BCUT2D eigenvalue weighted by molar-refractivity contribution is 0.163. The zero-order chi connectivity index (χ0) is 19.2. The van der Waals surface area contributed by atoms with Crippen molar-refractivity contribution in [1.82, 2.24) is 5.32 Å². The third-order valence-electron chi connectivity index (χ3n) is 4.06. The Balaban J connectivity index is 1.57. The molecule has 27 heavy (non-hydrogen) atoms. The molecule has 0 aliphatic carbocycles. The first-order valence-electron chi connectivity index (χ1n) is 8.45. The summed E-state index contributed by atoms with van der Waals surface area (Å²) >= 11 is 0. The van der Waals surface area contributed by atoms with Crippen LogP contribution in [0, 0.1) is 0 Å². The van der Waals surface area contributed by atoms with Crippen molar-refractivity contribution >= 4 is 11.7 Å². The van der Waals surface area contributed by atoms with E-state index in [9.17, 15) is 9.90 Å². The van der Waals surface area contributed by atoms with E-state index in [1.807, 2.05) is 0 Å². The molecule has 0 radical (unpaired) electrons. The van der Waals surface area contributed by atoms with Gasteiger partial charge in [0, 0.05) is 12.6 Å². The van der Waals surface area contributed by atoms with Gasteiger partial charge in [-0.05, 0) is 29.8 Å². The van der Waals surface area contributed by atoms with Gasteiger partial charge in [0.25, 0.3) is 0 Å². The van der Waals surface area contributed by atoms with Gasteiger partial charge in [0.15, 0.2) is 11.5 Å². The number of carbonyl (C=O) groups excluding carboxylic acids is 1. The van der Waals surface area contributed by atoms with Gasteiger partial charge in [0.2, 0.25) is 0 Å². The Morgan fingerprint density at radius 3 is 2.63 bits per heavy atom. The molecule has 0 fully saturated rings. The van der Waals surface area contributed by atoms with Gasteiger partial charge in [0.1, 0.15) is 24.7 Å². The summed E-state index contributed by atoms with van der Waals surface area (Å²) in [5, 5.41) is 15.6. The molecule has 2 aromatic carbocycles. The van der Waals surface area contributed by atoms with E-state index in [1.54, 1.807) is 43.5 Å². The van der Waals surface area contributed by atoms with Gasteiger partial charge in [-0.1, -0.05) is 6.07 Å². The number of hydrogen-bond acceptors (Lipinski definition) is 6. The molecule has 2 amide bonds. The van der Waals surface area contributed by atoms with Gasteiger partial charge in [-0.2, -0.15) is 0 Å². The Bertz CT molecular complexity index is 811. The number of ether oxygens (including phenoxy) is 4. The first kappa shape index (κ1) is 18.7. The van der Waals surface area contributed by atoms with Crippen LogP contribution in [0.4, 0.5) is 10.5 Å². The fourth-order valence-electron chi connectivity index (χ4n) is 2.64. The predicted octanol–water partition coefficient (Wildman–Crippen LogP) is 2.33. The molecule has 0 saturated heterocycles. The highest BCUT2D eigenvalue weighted by Crippen LogP contribution is 2.32. The Labute approximate surface area is 157 Å². The van der Waals surface area contributed by atoms with E-state index in [0.717, 1.165) is 0 Å². The van der Waals surface area contributed by atoms with Gasteiger partial charge in [-0.3, -0.25) is 0 Å². The number of carbonyl (C=O) groups is 1. The predicted molar refractivity (Wildman–Crippen MR) is 99.0 cm³/mol.